The lowest BCUT2D eigenvalue weighted by Crippen LogP contribution is -2.92. The highest BCUT2D eigenvalue weighted by molar-refractivity contribution is 6.10. The van der Waals surface area contributed by atoms with Crippen LogP contribution in [0.25, 0.3) is 0 Å². The molecule has 0 fully saturated rings. The molecule has 0 radical (unpaired) electrons. The van der Waals surface area contributed by atoms with Crippen LogP contribution in [0.5, 0.6) is 11.5 Å². The number of aliphatic imine (C=N–C) groups is 1. The number of nitrogens with one attached hydrogen (secondary N) is 4. The number of guanidine groups is 2. The smallest absolute Gasteiger partial charge is 0.358 e. The zero-order chi connectivity index (χ0) is 19.0. The van der Waals surface area contributed by atoms with Gasteiger partial charge in [0.1, 0.15) is 11.4 Å². The first-order valence-corrected chi connectivity index (χ1v) is 8.23. The van der Waals surface area contributed by atoms with Crippen LogP contribution in [0.4, 0.5) is 11.4 Å². The summed E-state index contributed by atoms with van der Waals surface area (Å²) in [6.07, 6.45) is 0. The molecule has 9 heteroatoms. The molecule has 138 valence electrons. The van der Waals surface area contributed by atoms with Crippen molar-refractivity contribution in [3.05, 3.63) is 48.0 Å². The van der Waals surface area contributed by atoms with Crippen molar-refractivity contribution in [2.45, 2.75) is 5.66 Å². The average molecular weight is 367 g/mol. The maximum Gasteiger partial charge on any atom is 0.358 e. The van der Waals surface area contributed by atoms with Gasteiger partial charge in [0.2, 0.25) is 0 Å². The minimum absolute atomic E-state index is 0.102. The Hall–Kier alpha value is -3.75. The van der Waals surface area contributed by atoms with E-state index in [1.807, 2.05) is 24.3 Å². The number of fused-ring (bicyclic) bond motifs is 2. The summed E-state index contributed by atoms with van der Waals surface area (Å²) in [6.45, 7) is 0. The lowest BCUT2D eigenvalue weighted by Gasteiger charge is -2.22. The number of para-hydroxylation sites is 1. The molecule has 0 saturated carbocycles. The number of carbonyl (C=O) groups is 1. The largest absolute Gasteiger partial charge is 0.497 e. The van der Waals surface area contributed by atoms with Crippen LogP contribution in [-0.2, 0) is 10.5 Å². The molecule has 0 bridgehead atoms. The fourth-order valence-electron chi connectivity index (χ4n) is 3.16. The normalized spacial score (nSPS) is 20.1. The van der Waals surface area contributed by atoms with E-state index >= 15 is 0 Å². The highest BCUT2D eigenvalue weighted by Gasteiger charge is 2.51. The molecule has 1 spiro atoms. The first-order chi connectivity index (χ1) is 13.1. The molecule has 2 aliphatic rings. The van der Waals surface area contributed by atoms with E-state index in [2.05, 4.69) is 25.9 Å². The van der Waals surface area contributed by atoms with Gasteiger partial charge < -0.3 is 20.5 Å². The van der Waals surface area contributed by atoms with Crippen LogP contribution in [0, 0.1) is 0 Å². The summed E-state index contributed by atoms with van der Waals surface area (Å²) >= 11 is 0. The summed E-state index contributed by atoms with van der Waals surface area (Å²) in [4.78, 5) is 20.2. The molecule has 27 heavy (non-hydrogen) atoms. The van der Waals surface area contributed by atoms with E-state index in [4.69, 9.17) is 15.2 Å². The van der Waals surface area contributed by atoms with E-state index in [1.54, 1.807) is 32.4 Å². The molecule has 0 saturated heterocycles. The molecule has 1 amide bonds. The van der Waals surface area contributed by atoms with E-state index < -0.39 is 5.66 Å². The summed E-state index contributed by atoms with van der Waals surface area (Å²) in [5.41, 5.74) is 6.64. The summed E-state index contributed by atoms with van der Waals surface area (Å²) in [5.74, 6) is 1.42. The number of carbonyl (C=O) groups excluding carboxylic acids is 1. The number of nitrogens with two attached hydrogens (primary N) is 1. The molecule has 0 unspecified atom stereocenters. The van der Waals surface area contributed by atoms with Crippen LogP contribution < -0.4 is 36.2 Å². The Kier molecular flexibility index (Phi) is 3.84. The molecular weight excluding hydrogens is 348 g/mol. The molecule has 2 aliphatic heterocycles. The Morgan fingerprint density at radius 2 is 1.96 bits per heavy atom. The number of rotatable bonds is 3. The second kappa shape index (κ2) is 6.20. The summed E-state index contributed by atoms with van der Waals surface area (Å²) in [5, 5.41) is 8.88. The number of methoxy groups -OCH3 is 2. The fourth-order valence-corrected chi connectivity index (χ4v) is 3.16. The van der Waals surface area contributed by atoms with Crippen molar-refractivity contribution in [3.63, 3.8) is 0 Å². The Morgan fingerprint density at radius 3 is 2.74 bits per heavy atom. The molecule has 4 rings (SSSR count). The van der Waals surface area contributed by atoms with Crippen LogP contribution in [0.2, 0.25) is 0 Å². The third-order valence-corrected chi connectivity index (χ3v) is 4.41. The van der Waals surface area contributed by atoms with Crippen LogP contribution in [0.3, 0.4) is 0 Å². The van der Waals surface area contributed by atoms with Crippen molar-refractivity contribution in [3.8, 4) is 11.5 Å². The highest BCUT2D eigenvalue weighted by Crippen LogP contribution is 2.34. The number of hydrogen-bond donors (Lipinski definition) is 5. The second-order valence-corrected chi connectivity index (χ2v) is 6.02. The predicted octanol–water partition coefficient (Wildman–Crippen LogP) is -0.725. The maximum absolute atomic E-state index is 12.7. The monoisotopic (exact) mass is 367 g/mol. The predicted molar refractivity (Wildman–Crippen MR) is 101 cm³/mol. The SMILES string of the molecule is COc1ccc(OC)c(NC2=[NH+][C@]3(N=C(N)N2)C(=O)Nc2ccccc23)c1. The number of ether oxygens (including phenoxy) is 2. The average Bonchev–Trinajstić information content (AvgIpc) is 2.92. The quantitative estimate of drug-likeness (QED) is 0.488. The molecule has 9 nitrogen and oxygen atoms in total. The summed E-state index contributed by atoms with van der Waals surface area (Å²) < 4.78 is 10.6. The zero-order valence-corrected chi connectivity index (χ0v) is 14.8. The van der Waals surface area contributed by atoms with E-state index in [0.29, 0.717) is 34.4 Å². The van der Waals surface area contributed by atoms with Gasteiger partial charge in [-0.05, 0) is 18.2 Å². The first kappa shape index (κ1) is 16.7. The molecule has 2 heterocycles. The van der Waals surface area contributed by atoms with Gasteiger partial charge in [-0.3, -0.25) is 4.79 Å². The van der Waals surface area contributed by atoms with Crippen LogP contribution in [0.1, 0.15) is 5.56 Å². The number of hydrogen-bond acceptors (Lipinski definition) is 7. The Balaban J connectivity index is 1.77. The maximum atomic E-state index is 12.7. The van der Waals surface area contributed by atoms with Crippen molar-refractivity contribution >= 4 is 29.2 Å². The number of anilines is 2. The lowest BCUT2D eigenvalue weighted by molar-refractivity contribution is -0.544. The molecule has 0 aromatic heterocycles. The van der Waals surface area contributed by atoms with Crippen molar-refractivity contribution < 1.29 is 19.3 Å². The van der Waals surface area contributed by atoms with Gasteiger partial charge in [0.25, 0.3) is 17.5 Å². The Morgan fingerprint density at radius 1 is 1.15 bits per heavy atom. The summed E-state index contributed by atoms with van der Waals surface area (Å²) in [7, 11) is 3.15. The molecule has 2 aromatic rings. The van der Waals surface area contributed by atoms with Crippen LogP contribution >= 0.6 is 0 Å². The van der Waals surface area contributed by atoms with Crippen molar-refractivity contribution in [2.75, 3.05) is 24.9 Å². The third kappa shape index (κ3) is 2.69. The zero-order valence-electron chi connectivity index (χ0n) is 14.8. The Bertz CT molecular complexity index is 987. The van der Waals surface area contributed by atoms with Crippen molar-refractivity contribution in [1.29, 1.82) is 0 Å². The molecule has 2 aromatic carbocycles. The van der Waals surface area contributed by atoms with E-state index in [-0.39, 0.29) is 11.9 Å². The van der Waals surface area contributed by atoms with Crippen molar-refractivity contribution in [1.82, 2.24) is 5.32 Å². The second-order valence-electron chi connectivity index (χ2n) is 6.02. The standard InChI is InChI=1S/C18H18N6O3/c1-26-10-7-8-14(27-2)13(9-10)21-17-22-16(19)23-18(24-17)11-5-3-4-6-12(11)20-15(18)25/h3-9H,1-2H3,(H,20,25)(H4,19,21,22,23,24)/p+1/t18-/m0/s1. The number of amides is 1. The fraction of sp³-hybridized carbons (Fsp3) is 0.167. The lowest BCUT2D eigenvalue weighted by atomic mass is 10.0. The molecule has 1 atom stereocenters. The van der Waals surface area contributed by atoms with Crippen LogP contribution in [-0.4, -0.2) is 32.0 Å². The van der Waals surface area contributed by atoms with E-state index in [9.17, 15) is 4.79 Å². The number of benzene rings is 2. The van der Waals surface area contributed by atoms with E-state index in [1.165, 1.54) is 0 Å². The van der Waals surface area contributed by atoms with Gasteiger partial charge in [-0.2, -0.15) is 4.99 Å². The minimum Gasteiger partial charge on any atom is -0.497 e. The van der Waals surface area contributed by atoms with Gasteiger partial charge in [0.05, 0.1) is 19.9 Å². The topological polar surface area (TPSA) is 124 Å². The van der Waals surface area contributed by atoms with Crippen LogP contribution in [0.15, 0.2) is 47.5 Å². The molecule has 6 N–H and O–H groups in total. The van der Waals surface area contributed by atoms with Gasteiger partial charge in [-0.1, -0.05) is 18.2 Å². The molecule has 0 aliphatic carbocycles. The van der Waals surface area contributed by atoms with Gasteiger partial charge in [0.15, 0.2) is 5.75 Å². The van der Waals surface area contributed by atoms with E-state index in [0.717, 1.165) is 0 Å². The highest BCUT2D eigenvalue weighted by atomic mass is 16.5. The van der Waals surface area contributed by atoms with Crippen molar-refractivity contribution in [2.24, 2.45) is 10.7 Å². The van der Waals surface area contributed by atoms with Gasteiger partial charge in [0, 0.05) is 11.6 Å². The van der Waals surface area contributed by atoms with Gasteiger partial charge in [-0.15, -0.1) is 0 Å². The van der Waals surface area contributed by atoms with Gasteiger partial charge in [-0.25, -0.2) is 15.6 Å². The number of nitrogens with zero attached hydrogens (tertiary/aromatic N) is 1. The van der Waals surface area contributed by atoms with Gasteiger partial charge >= 0.3 is 5.96 Å². The molecular formula is C18H19N6O3+. The third-order valence-electron chi connectivity index (χ3n) is 4.41. The minimum atomic E-state index is -1.35. The summed E-state index contributed by atoms with van der Waals surface area (Å²) in [6, 6.07) is 12.7. The Labute approximate surface area is 155 Å². The first-order valence-electron chi connectivity index (χ1n) is 8.23.